The van der Waals surface area contributed by atoms with Crippen molar-refractivity contribution in [3.05, 3.63) is 69.3 Å². The topological polar surface area (TPSA) is 67.2 Å². The molecule has 106 valence electrons. The van der Waals surface area contributed by atoms with Gasteiger partial charge >= 0.3 is 0 Å². The Morgan fingerprint density at radius 3 is 2.55 bits per heavy atom. The summed E-state index contributed by atoms with van der Waals surface area (Å²) in [5.41, 5.74) is 1.56. The molecule has 0 radical (unpaired) electrons. The number of hydrogen-bond acceptors (Lipinski definition) is 4. The molecule has 1 aromatic rings. The van der Waals surface area contributed by atoms with Crippen LogP contribution < -0.4 is 10.6 Å². The first-order chi connectivity index (χ1) is 9.40. The van der Waals surface area contributed by atoms with Gasteiger partial charge in [-0.15, -0.1) is 0 Å². The Morgan fingerprint density at radius 2 is 1.95 bits per heavy atom. The summed E-state index contributed by atoms with van der Waals surface area (Å²) >= 11 is 0. The fourth-order valence-corrected chi connectivity index (χ4v) is 2.47. The third-order valence-electron chi connectivity index (χ3n) is 3.24. The minimum atomic E-state index is -0.599. The van der Waals surface area contributed by atoms with E-state index in [0.717, 1.165) is 11.3 Å². The van der Waals surface area contributed by atoms with E-state index in [9.17, 15) is 10.1 Å². The Balaban J connectivity index is 2.24. The quantitative estimate of drug-likeness (QED) is 0.654. The fourth-order valence-electron chi connectivity index (χ4n) is 2.47. The van der Waals surface area contributed by atoms with E-state index >= 15 is 0 Å². The van der Waals surface area contributed by atoms with Crippen LogP contribution in [0.15, 0.2) is 53.6 Å². The zero-order chi connectivity index (χ0) is 14.8. The lowest BCUT2D eigenvalue weighted by molar-refractivity contribution is -0.439. The van der Waals surface area contributed by atoms with E-state index in [4.69, 9.17) is 0 Å². The zero-order valence-corrected chi connectivity index (χ0v) is 11.9. The van der Waals surface area contributed by atoms with Gasteiger partial charge in [0, 0.05) is 12.2 Å². The van der Waals surface area contributed by atoms with Crippen LogP contribution in [0.5, 0.6) is 0 Å². The van der Waals surface area contributed by atoms with Gasteiger partial charge in [0.15, 0.2) is 5.82 Å². The molecule has 1 heterocycles. The highest BCUT2D eigenvalue weighted by molar-refractivity contribution is 5.28. The van der Waals surface area contributed by atoms with E-state index in [1.54, 1.807) is 0 Å². The minimum Gasteiger partial charge on any atom is -0.362 e. The number of nitro groups is 1. The summed E-state index contributed by atoms with van der Waals surface area (Å²) in [6.45, 7) is 6.14. The van der Waals surface area contributed by atoms with E-state index in [2.05, 4.69) is 10.6 Å². The largest absolute Gasteiger partial charge is 0.362 e. The maximum Gasteiger partial charge on any atom is 0.295 e. The Hall–Kier alpha value is -2.30. The van der Waals surface area contributed by atoms with Gasteiger partial charge in [0.2, 0.25) is 0 Å². The molecular formula is C15H19N3O2. The summed E-state index contributed by atoms with van der Waals surface area (Å²) < 4.78 is 0. The highest BCUT2D eigenvalue weighted by Crippen LogP contribution is 2.33. The van der Waals surface area contributed by atoms with Crippen molar-refractivity contribution in [3.63, 3.8) is 0 Å². The van der Waals surface area contributed by atoms with E-state index in [1.807, 2.05) is 57.2 Å². The second kappa shape index (κ2) is 5.36. The first-order valence-corrected chi connectivity index (χ1v) is 6.53. The van der Waals surface area contributed by atoms with Crippen LogP contribution >= 0.6 is 0 Å². The molecule has 0 atom stereocenters. The van der Waals surface area contributed by atoms with Crippen LogP contribution in [0.2, 0.25) is 0 Å². The number of allylic oxidation sites excluding steroid dienone is 2. The van der Waals surface area contributed by atoms with Crippen molar-refractivity contribution >= 4 is 0 Å². The van der Waals surface area contributed by atoms with Gasteiger partial charge in [-0.05, 0) is 32.4 Å². The van der Waals surface area contributed by atoms with Crippen molar-refractivity contribution in [3.8, 4) is 0 Å². The van der Waals surface area contributed by atoms with Crippen LogP contribution in [-0.4, -0.2) is 4.92 Å². The lowest BCUT2D eigenvalue weighted by Crippen LogP contribution is -2.37. The summed E-state index contributed by atoms with van der Waals surface area (Å²) in [4.78, 5) is 11.0. The third kappa shape index (κ3) is 2.99. The number of hydrogen-bond donors (Lipinski definition) is 2. The predicted octanol–water partition coefficient (Wildman–Crippen LogP) is 2.76. The average Bonchev–Trinajstić information content (AvgIpc) is 2.35. The molecule has 0 bridgehead atoms. The van der Waals surface area contributed by atoms with Gasteiger partial charge in [-0.1, -0.05) is 30.3 Å². The number of nitrogens with zero attached hydrogens (tertiary/aromatic N) is 1. The molecule has 0 saturated heterocycles. The molecule has 0 aliphatic carbocycles. The Kier molecular flexibility index (Phi) is 3.79. The van der Waals surface area contributed by atoms with Crippen LogP contribution in [0.3, 0.4) is 0 Å². The average molecular weight is 273 g/mol. The highest BCUT2D eigenvalue weighted by Gasteiger charge is 2.38. The van der Waals surface area contributed by atoms with Crippen LogP contribution in [0.4, 0.5) is 0 Å². The van der Waals surface area contributed by atoms with Crippen molar-refractivity contribution in [2.75, 3.05) is 0 Å². The first-order valence-electron chi connectivity index (χ1n) is 6.53. The molecule has 0 spiro atoms. The van der Waals surface area contributed by atoms with Crippen molar-refractivity contribution in [1.29, 1.82) is 0 Å². The molecule has 0 unspecified atom stereocenters. The van der Waals surface area contributed by atoms with Crippen molar-refractivity contribution < 1.29 is 4.92 Å². The SMILES string of the molecule is CC1=CC(C)(C)C([N+](=O)[O-])=C(NCc2ccccc2)N1. The molecule has 0 saturated carbocycles. The standard InChI is InChI=1S/C15H19N3O2/c1-11-9-15(2,3)13(18(19)20)14(17-11)16-10-12-7-5-4-6-8-12/h4-9,16-17H,10H2,1-3H3. The van der Waals surface area contributed by atoms with Gasteiger partial charge in [-0.2, -0.15) is 0 Å². The van der Waals surface area contributed by atoms with E-state index < -0.39 is 5.41 Å². The summed E-state index contributed by atoms with van der Waals surface area (Å²) in [5, 5.41) is 17.5. The van der Waals surface area contributed by atoms with Gasteiger partial charge in [0.25, 0.3) is 5.70 Å². The smallest absolute Gasteiger partial charge is 0.295 e. The van der Waals surface area contributed by atoms with Crippen molar-refractivity contribution in [2.24, 2.45) is 5.41 Å². The third-order valence-corrected chi connectivity index (χ3v) is 3.24. The monoisotopic (exact) mass is 273 g/mol. The van der Waals surface area contributed by atoms with Crippen LogP contribution in [-0.2, 0) is 6.54 Å². The summed E-state index contributed by atoms with van der Waals surface area (Å²) in [7, 11) is 0. The molecule has 1 aromatic carbocycles. The van der Waals surface area contributed by atoms with E-state index in [-0.39, 0.29) is 10.6 Å². The molecular weight excluding hydrogens is 254 g/mol. The van der Waals surface area contributed by atoms with Gasteiger partial charge in [0.1, 0.15) is 0 Å². The fraction of sp³-hybridized carbons (Fsp3) is 0.333. The normalized spacial score (nSPS) is 17.2. The summed E-state index contributed by atoms with van der Waals surface area (Å²) in [6.07, 6.45) is 1.87. The molecule has 2 N–H and O–H groups in total. The molecule has 1 aliphatic rings. The van der Waals surface area contributed by atoms with Crippen LogP contribution in [0.1, 0.15) is 26.3 Å². The molecule has 0 amide bonds. The number of dihydropyridines is 1. The highest BCUT2D eigenvalue weighted by atomic mass is 16.6. The van der Waals surface area contributed by atoms with E-state index in [0.29, 0.717) is 12.4 Å². The van der Waals surface area contributed by atoms with Crippen molar-refractivity contribution in [2.45, 2.75) is 27.3 Å². The lowest BCUT2D eigenvalue weighted by atomic mass is 9.86. The molecule has 5 nitrogen and oxygen atoms in total. The van der Waals surface area contributed by atoms with Crippen molar-refractivity contribution in [1.82, 2.24) is 10.6 Å². The molecule has 0 fully saturated rings. The van der Waals surface area contributed by atoms with Gasteiger partial charge in [-0.25, -0.2) is 0 Å². The minimum absolute atomic E-state index is 0.166. The molecule has 5 heteroatoms. The number of benzene rings is 1. The second-order valence-corrected chi connectivity index (χ2v) is 5.49. The van der Waals surface area contributed by atoms with E-state index in [1.165, 1.54) is 0 Å². The van der Waals surface area contributed by atoms with Gasteiger partial charge in [-0.3, -0.25) is 10.1 Å². The first kappa shape index (κ1) is 14.1. The number of rotatable bonds is 4. The zero-order valence-electron chi connectivity index (χ0n) is 11.9. The summed E-state index contributed by atoms with van der Waals surface area (Å²) in [5.74, 6) is 0.476. The number of nitrogens with one attached hydrogen (secondary N) is 2. The maximum atomic E-state index is 11.3. The maximum absolute atomic E-state index is 11.3. The Morgan fingerprint density at radius 1 is 1.30 bits per heavy atom. The van der Waals surface area contributed by atoms with Gasteiger partial charge in [0.05, 0.1) is 10.3 Å². The lowest BCUT2D eigenvalue weighted by Gasteiger charge is -2.27. The van der Waals surface area contributed by atoms with Crippen LogP contribution in [0, 0.1) is 15.5 Å². The Bertz CT molecular complexity index is 574. The molecule has 0 aromatic heterocycles. The molecule has 1 aliphatic heterocycles. The Labute approximate surface area is 118 Å². The second-order valence-electron chi connectivity index (χ2n) is 5.49. The molecule has 2 rings (SSSR count). The molecule has 20 heavy (non-hydrogen) atoms. The van der Waals surface area contributed by atoms with Crippen LogP contribution in [0.25, 0.3) is 0 Å². The summed E-state index contributed by atoms with van der Waals surface area (Å²) in [6, 6.07) is 9.80. The predicted molar refractivity (Wildman–Crippen MR) is 78.0 cm³/mol. The van der Waals surface area contributed by atoms with Gasteiger partial charge < -0.3 is 10.6 Å².